The Kier molecular flexibility index (Phi) is 9.08. The number of anilines is 3. The second kappa shape index (κ2) is 12.6. The van der Waals surface area contributed by atoms with E-state index in [0.29, 0.717) is 35.9 Å². The zero-order valence-corrected chi connectivity index (χ0v) is 22.5. The molecule has 1 amide bonds. The van der Waals surface area contributed by atoms with E-state index in [2.05, 4.69) is 41.4 Å². The van der Waals surface area contributed by atoms with E-state index in [0.717, 1.165) is 41.5 Å². The van der Waals surface area contributed by atoms with Crippen LogP contribution in [0, 0.1) is 5.92 Å². The molecule has 194 valence electrons. The SMILES string of the molecule is CCOC(=O)CN1CCC(/C=C/C(=O)Nc2cc3c(Nc4cccc(Br)c4)ncnc3cc2OC)CC1. The van der Waals surface area contributed by atoms with E-state index in [-0.39, 0.29) is 17.8 Å². The van der Waals surface area contributed by atoms with Gasteiger partial charge in [-0.25, -0.2) is 9.97 Å². The smallest absolute Gasteiger partial charge is 0.320 e. The van der Waals surface area contributed by atoms with Crippen molar-refractivity contribution in [2.45, 2.75) is 19.8 Å². The predicted octanol–water partition coefficient (Wildman–Crippen LogP) is 4.91. The Hall–Kier alpha value is -3.50. The van der Waals surface area contributed by atoms with E-state index < -0.39 is 0 Å². The van der Waals surface area contributed by atoms with E-state index in [1.165, 1.54) is 6.33 Å². The van der Waals surface area contributed by atoms with Crippen LogP contribution in [0.4, 0.5) is 17.2 Å². The number of esters is 1. The summed E-state index contributed by atoms with van der Waals surface area (Å²) in [6.07, 6.45) is 6.75. The molecule has 0 aliphatic carbocycles. The Morgan fingerprint density at radius 1 is 1.19 bits per heavy atom. The van der Waals surface area contributed by atoms with E-state index in [9.17, 15) is 9.59 Å². The van der Waals surface area contributed by atoms with Crippen molar-refractivity contribution in [2.75, 3.05) is 44.0 Å². The number of carbonyl (C=O) groups excluding carboxylic acids is 2. The first-order valence-electron chi connectivity index (χ1n) is 12.2. The molecule has 9 nitrogen and oxygen atoms in total. The molecule has 1 aromatic heterocycles. The molecule has 0 radical (unpaired) electrons. The van der Waals surface area contributed by atoms with Crippen LogP contribution in [0.2, 0.25) is 0 Å². The lowest BCUT2D eigenvalue weighted by molar-refractivity contribution is -0.144. The van der Waals surface area contributed by atoms with Gasteiger partial charge in [0.15, 0.2) is 0 Å². The van der Waals surface area contributed by atoms with Crippen LogP contribution in [0.5, 0.6) is 5.75 Å². The van der Waals surface area contributed by atoms with Crippen LogP contribution in [-0.4, -0.2) is 60.1 Å². The quantitative estimate of drug-likeness (QED) is 0.277. The molecule has 0 atom stereocenters. The fourth-order valence-electron chi connectivity index (χ4n) is 4.24. The molecule has 10 heteroatoms. The standard InChI is InChI=1S/C27H30BrN5O4/c1-3-37-26(35)16-33-11-9-18(10-12-33)7-8-25(34)32-23-14-21-22(15-24(23)36-2)29-17-30-27(21)31-20-6-4-5-19(28)13-20/h4-8,13-15,17-18H,3,9-12,16H2,1-2H3,(H,32,34)(H,29,30,31)/b8-7+. The number of fused-ring (bicyclic) bond motifs is 1. The maximum Gasteiger partial charge on any atom is 0.320 e. The number of nitrogens with zero attached hydrogens (tertiary/aromatic N) is 3. The summed E-state index contributed by atoms with van der Waals surface area (Å²) in [7, 11) is 1.55. The summed E-state index contributed by atoms with van der Waals surface area (Å²) in [6, 6.07) is 11.4. The second-order valence-electron chi connectivity index (χ2n) is 8.69. The van der Waals surface area contributed by atoms with Crippen molar-refractivity contribution in [3.63, 3.8) is 0 Å². The van der Waals surface area contributed by atoms with Crippen molar-refractivity contribution >= 4 is 55.9 Å². The Morgan fingerprint density at radius 3 is 2.73 bits per heavy atom. The maximum absolute atomic E-state index is 12.8. The zero-order chi connectivity index (χ0) is 26.2. The Morgan fingerprint density at radius 2 is 2.00 bits per heavy atom. The fraction of sp³-hybridized carbons (Fsp3) is 0.333. The number of piperidine rings is 1. The number of benzene rings is 2. The summed E-state index contributed by atoms with van der Waals surface area (Å²) < 4.78 is 11.5. The molecule has 4 rings (SSSR count). The van der Waals surface area contributed by atoms with Gasteiger partial charge in [0.25, 0.3) is 0 Å². The highest BCUT2D eigenvalue weighted by molar-refractivity contribution is 9.10. The summed E-state index contributed by atoms with van der Waals surface area (Å²) in [4.78, 5) is 35.3. The van der Waals surface area contributed by atoms with Crippen molar-refractivity contribution in [3.8, 4) is 5.75 Å². The number of ether oxygens (including phenoxy) is 2. The van der Waals surface area contributed by atoms with Gasteiger partial charge in [-0.2, -0.15) is 0 Å². The van der Waals surface area contributed by atoms with E-state index in [1.54, 1.807) is 26.2 Å². The van der Waals surface area contributed by atoms with Gasteiger partial charge in [0.2, 0.25) is 5.91 Å². The van der Waals surface area contributed by atoms with Gasteiger partial charge in [-0.15, -0.1) is 0 Å². The first-order valence-corrected chi connectivity index (χ1v) is 13.0. The van der Waals surface area contributed by atoms with Crippen LogP contribution in [-0.2, 0) is 14.3 Å². The molecule has 1 saturated heterocycles. The molecule has 0 bridgehead atoms. The van der Waals surface area contributed by atoms with Crippen molar-refractivity contribution in [1.29, 1.82) is 0 Å². The van der Waals surface area contributed by atoms with Gasteiger partial charge in [0, 0.05) is 21.6 Å². The first kappa shape index (κ1) is 26.6. The van der Waals surface area contributed by atoms with Gasteiger partial charge in [0.1, 0.15) is 17.9 Å². The second-order valence-corrected chi connectivity index (χ2v) is 9.61. The highest BCUT2D eigenvalue weighted by atomic mass is 79.9. The summed E-state index contributed by atoms with van der Waals surface area (Å²) >= 11 is 3.48. The van der Waals surface area contributed by atoms with Crippen molar-refractivity contribution < 1.29 is 19.1 Å². The van der Waals surface area contributed by atoms with Crippen LogP contribution in [0.3, 0.4) is 0 Å². The molecule has 0 spiro atoms. The predicted molar refractivity (Wildman–Crippen MR) is 147 cm³/mol. The molecule has 2 N–H and O–H groups in total. The number of rotatable bonds is 9. The fourth-order valence-corrected chi connectivity index (χ4v) is 4.64. The van der Waals surface area contributed by atoms with Crippen LogP contribution >= 0.6 is 15.9 Å². The maximum atomic E-state index is 12.8. The summed E-state index contributed by atoms with van der Waals surface area (Å²) in [6.45, 7) is 4.10. The molecule has 0 saturated carbocycles. The lowest BCUT2D eigenvalue weighted by Crippen LogP contribution is -2.37. The molecule has 1 aliphatic heterocycles. The van der Waals surface area contributed by atoms with Gasteiger partial charge in [-0.3, -0.25) is 14.5 Å². The molecule has 37 heavy (non-hydrogen) atoms. The number of hydrogen-bond donors (Lipinski definition) is 2. The number of aromatic nitrogens is 2. The first-order chi connectivity index (χ1) is 17.9. The normalized spacial score (nSPS) is 14.6. The number of methoxy groups -OCH3 is 1. The van der Waals surface area contributed by atoms with Crippen LogP contribution < -0.4 is 15.4 Å². The molecular formula is C27H30BrN5O4. The number of halogens is 1. The third kappa shape index (κ3) is 7.27. The highest BCUT2D eigenvalue weighted by Crippen LogP contribution is 2.33. The largest absolute Gasteiger partial charge is 0.494 e. The number of hydrogen-bond acceptors (Lipinski definition) is 8. The number of allylic oxidation sites excluding steroid dienone is 1. The van der Waals surface area contributed by atoms with E-state index >= 15 is 0 Å². The summed E-state index contributed by atoms with van der Waals surface area (Å²) in [5.74, 6) is 0.961. The van der Waals surface area contributed by atoms with E-state index in [1.807, 2.05) is 36.4 Å². The number of likely N-dealkylation sites (tertiary alicyclic amines) is 1. The molecule has 2 aromatic carbocycles. The topological polar surface area (TPSA) is 106 Å². The van der Waals surface area contributed by atoms with Crippen molar-refractivity contribution in [2.24, 2.45) is 5.92 Å². The summed E-state index contributed by atoms with van der Waals surface area (Å²) in [5.41, 5.74) is 2.08. The average molecular weight is 568 g/mol. The monoisotopic (exact) mass is 567 g/mol. The van der Waals surface area contributed by atoms with Gasteiger partial charge in [-0.1, -0.05) is 28.1 Å². The average Bonchev–Trinajstić information content (AvgIpc) is 2.88. The molecule has 1 fully saturated rings. The van der Waals surface area contributed by atoms with Gasteiger partial charge >= 0.3 is 5.97 Å². The number of amides is 1. The molecule has 2 heterocycles. The van der Waals surface area contributed by atoms with Crippen LogP contribution in [0.25, 0.3) is 10.9 Å². The zero-order valence-electron chi connectivity index (χ0n) is 20.9. The number of carbonyl (C=O) groups is 2. The molecule has 3 aromatic rings. The van der Waals surface area contributed by atoms with Gasteiger partial charge in [0.05, 0.1) is 31.5 Å². The minimum Gasteiger partial charge on any atom is -0.494 e. The minimum absolute atomic E-state index is 0.194. The molecule has 0 unspecified atom stereocenters. The lowest BCUT2D eigenvalue weighted by Gasteiger charge is -2.29. The lowest BCUT2D eigenvalue weighted by atomic mass is 9.96. The van der Waals surface area contributed by atoms with Crippen LogP contribution in [0.15, 0.2) is 59.4 Å². The minimum atomic E-state index is -0.245. The highest BCUT2D eigenvalue weighted by Gasteiger charge is 2.20. The Bertz CT molecular complexity index is 1290. The number of nitrogens with one attached hydrogen (secondary N) is 2. The van der Waals surface area contributed by atoms with Gasteiger partial charge in [-0.05, 0) is 69.1 Å². The van der Waals surface area contributed by atoms with E-state index in [4.69, 9.17) is 9.47 Å². The molecular weight excluding hydrogens is 538 g/mol. The third-order valence-corrected chi connectivity index (χ3v) is 6.61. The van der Waals surface area contributed by atoms with Crippen LogP contribution in [0.1, 0.15) is 19.8 Å². The third-order valence-electron chi connectivity index (χ3n) is 6.11. The van der Waals surface area contributed by atoms with Crippen molar-refractivity contribution in [1.82, 2.24) is 14.9 Å². The van der Waals surface area contributed by atoms with Gasteiger partial charge < -0.3 is 20.1 Å². The Labute approximate surface area is 224 Å². The summed E-state index contributed by atoms with van der Waals surface area (Å²) in [5, 5.41) is 6.99. The molecule has 1 aliphatic rings. The Balaban J connectivity index is 1.43. The van der Waals surface area contributed by atoms with Crippen molar-refractivity contribution in [3.05, 3.63) is 59.4 Å².